The normalized spacial score (nSPS) is 18.1. The molecule has 29 heavy (non-hydrogen) atoms. The van der Waals surface area contributed by atoms with Crippen LogP contribution in [0.15, 0.2) is 4.99 Å². The molecule has 7 nitrogen and oxygen atoms in total. The van der Waals surface area contributed by atoms with Crippen molar-refractivity contribution in [3.05, 3.63) is 0 Å². The molecule has 0 bridgehead atoms. The second-order valence-corrected chi connectivity index (χ2v) is 8.79. The number of hydrogen-bond donors (Lipinski definition) is 3. The highest BCUT2D eigenvalue weighted by Crippen LogP contribution is 2.30. The molecule has 1 amide bonds. The van der Waals surface area contributed by atoms with Crippen LogP contribution >= 0.6 is 24.0 Å². The summed E-state index contributed by atoms with van der Waals surface area (Å²) in [5.74, 6) is 0.780. The zero-order valence-electron chi connectivity index (χ0n) is 19.2. The Morgan fingerprint density at radius 1 is 1.24 bits per heavy atom. The van der Waals surface area contributed by atoms with Gasteiger partial charge in [0.05, 0.1) is 0 Å². The standard InChI is InChI=1S/C21H42N4O3.HI/c1-7-21(8-2,12-14-26)16-23-18(22-9-3)24-17-11-10-13-25(15-17)19(27)28-20(4,5)6;/h17,26H,7-16H2,1-6H3,(H2,22,23,24);1H. The third-order valence-corrected chi connectivity index (χ3v) is 5.47. The fraction of sp³-hybridized carbons (Fsp3) is 0.905. The van der Waals surface area contributed by atoms with Gasteiger partial charge in [-0.3, -0.25) is 4.99 Å². The molecule has 0 aliphatic carbocycles. The van der Waals surface area contributed by atoms with Crippen LogP contribution in [0.5, 0.6) is 0 Å². The van der Waals surface area contributed by atoms with Crippen molar-refractivity contribution in [2.45, 2.75) is 85.3 Å². The number of nitrogens with one attached hydrogen (secondary N) is 2. The number of likely N-dealkylation sites (tertiary alicyclic amines) is 1. The van der Waals surface area contributed by atoms with Gasteiger partial charge in [0, 0.05) is 38.8 Å². The molecule has 1 aliphatic heterocycles. The third-order valence-electron chi connectivity index (χ3n) is 5.47. The van der Waals surface area contributed by atoms with Crippen molar-refractivity contribution in [1.29, 1.82) is 0 Å². The van der Waals surface area contributed by atoms with E-state index in [0.29, 0.717) is 13.1 Å². The van der Waals surface area contributed by atoms with Crippen molar-refractivity contribution in [1.82, 2.24) is 15.5 Å². The van der Waals surface area contributed by atoms with Gasteiger partial charge < -0.3 is 25.4 Å². The fourth-order valence-electron chi connectivity index (χ4n) is 3.49. The molecule has 172 valence electrons. The Hall–Kier alpha value is -0.770. The van der Waals surface area contributed by atoms with E-state index in [1.54, 1.807) is 4.90 Å². The summed E-state index contributed by atoms with van der Waals surface area (Å²) in [6, 6.07) is 0.148. The number of amides is 1. The van der Waals surface area contributed by atoms with Crippen LogP contribution in [0.2, 0.25) is 0 Å². The van der Waals surface area contributed by atoms with Crippen LogP contribution in [-0.2, 0) is 4.74 Å². The molecule has 1 fully saturated rings. The van der Waals surface area contributed by atoms with E-state index >= 15 is 0 Å². The average molecular weight is 527 g/mol. The van der Waals surface area contributed by atoms with E-state index in [4.69, 9.17) is 9.73 Å². The lowest BCUT2D eigenvalue weighted by Crippen LogP contribution is -2.53. The predicted octanol–water partition coefficient (Wildman–Crippen LogP) is 3.75. The number of guanidine groups is 1. The summed E-state index contributed by atoms with van der Waals surface area (Å²) in [7, 11) is 0. The van der Waals surface area contributed by atoms with Gasteiger partial charge in [-0.05, 0) is 65.2 Å². The first-order chi connectivity index (χ1) is 13.2. The molecule has 3 N–H and O–H groups in total. The minimum absolute atomic E-state index is 0. The topological polar surface area (TPSA) is 86.2 Å². The molecule has 0 aromatic carbocycles. The van der Waals surface area contributed by atoms with Crippen LogP contribution in [-0.4, -0.2) is 66.5 Å². The van der Waals surface area contributed by atoms with E-state index in [1.807, 2.05) is 27.7 Å². The first-order valence-electron chi connectivity index (χ1n) is 10.8. The Bertz CT molecular complexity index is 505. The molecule has 0 aromatic heterocycles. The zero-order chi connectivity index (χ0) is 21.2. The van der Waals surface area contributed by atoms with Gasteiger partial charge in [-0.25, -0.2) is 4.79 Å². The number of aliphatic imine (C=N–C) groups is 1. The van der Waals surface area contributed by atoms with Gasteiger partial charge >= 0.3 is 6.09 Å². The minimum Gasteiger partial charge on any atom is -0.444 e. The highest BCUT2D eigenvalue weighted by atomic mass is 127. The summed E-state index contributed by atoms with van der Waals surface area (Å²) in [5.41, 5.74) is -0.448. The van der Waals surface area contributed by atoms with E-state index in [0.717, 1.165) is 51.2 Å². The number of aliphatic hydroxyl groups is 1. The van der Waals surface area contributed by atoms with Crippen LogP contribution in [0, 0.1) is 5.41 Å². The Kier molecular flexibility index (Phi) is 13.2. The number of rotatable bonds is 8. The Morgan fingerprint density at radius 2 is 1.90 bits per heavy atom. The molecule has 0 spiro atoms. The van der Waals surface area contributed by atoms with Gasteiger partial charge in [0.2, 0.25) is 0 Å². The molecule has 1 saturated heterocycles. The van der Waals surface area contributed by atoms with E-state index in [1.165, 1.54) is 0 Å². The van der Waals surface area contributed by atoms with Gasteiger partial charge in [-0.15, -0.1) is 24.0 Å². The number of aliphatic hydroxyl groups excluding tert-OH is 1. The van der Waals surface area contributed by atoms with Crippen molar-refractivity contribution in [2.24, 2.45) is 10.4 Å². The van der Waals surface area contributed by atoms with Crippen LogP contribution in [0.1, 0.15) is 73.6 Å². The van der Waals surface area contributed by atoms with Gasteiger partial charge in [0.15, 0.2) is 5.96 Å². The molecular formula is C21H43IN4O3. The van der Waals surface area contributed by atoms with Crippen LogP contribution in [0.3, 0.4) is 0 Å². The number of carbonyl (C=O) groups excluding carboxylic acids is 1. The van der Waals surface area contributed by atoms with E-state index in [2.05, 4.69) is 24.5 Å². The monoisotopic (exact) mass is 526 g/mol. The zero-order valence-corrected chi connectivity index (χ0v) is 21.5. The fourth-order valence-corrected chi connectivity index (χ4v) is 3.49. The number of hydrogen-bond acceptors (Lipinski definition) is 4. The lowest BCUT2D eigenvalue weighted by Gasteiger charge is -2.35. The number of piperidine rings is 1. The van der Waals surface area contributed by atoms with Crippen LogP contribution in [0.25, 0.3) is 0 Å². The number of halogens is 1. The van der Waals surface area contributed by atoms with Gasteiger partial charge in [-0.2, -0.15) is 0 Å². The molecular weight excluding hydrogens is 483 g/mol. The molecule has 1 heterocycles. The summed E-state index contributed by atoms with van der Waals surface area (Å²) in [6.07, 6.45) is 4.42. The van der Waals surface area contributed by atoms with Gasteiger partial charge in [-0.1, -0.05) is 13.8 Å². The lowest BCUT2D eigenvalue weighted by atomic mass is 9.79. The maximum atomic E-state index is 12.4. The maximum Gasteiger partial charge on any atom is 0.410 e. The molecule has 0 saturated carbocycles. The Balaban J connectivity index is 0.00000784. The largest absolute Gasteiger partial charge is 0.444 e. The highest BCUT2D eigenvalue weighted by Gasteiger charge is 2.29. The molecule has 8 heteroatoms. The number of carbonyl (C=O) groups is 1. The number of ether oxygens (including phenoxy) is 1. The average Bonchev–Trinajstić information content (AvgIpc) is 2.64. The molecule has 0 aromatic rings. The smallest absolute Gasteiger partial charge is 0.410 e. The quantitative estimate of drug-likeness (QED) is 0.255. The van der Waals surface area contributed by atoms with Crippen molar-refractivity contribution in [2.75, 3.05) is 32.8 Å². The summed E-state index contributed by atoms with van der Waals surface area (Å²) < 4.78 is 5.52. The van der Waals surface area contributed by atoms with Crippen molar-refractivity contribution >= 4 is 36.0 Å². The highest BCUT2D eigenvalue weighted by molar-refractivity contribution is 14.0. The Morgan fingerprint density at radius 3 is 2.41 bits per heavy atom. The lowest BCUT2D eigenvalue weighted by molar-refractivity contribution is 0.0193. The summed E-state index contributed by atoms with van der Waals surface area (Å²) in [4.78, 5) is 19.0. The van der Waals surface area contributed by atoms with Crippen molar-refractivity contribution in [3.63, 3.8) is 0 Å². The summed E-state index contributed by atoms with van der Waals surface area (Å²) in [5, 5.41) is 16.2. The van der Waals surface area contributed by atoms with Crippen molar-refractivity contribution < 1.29 is 14.6 Å². The molecule has 1 rings (SSSR count). The predicted molar refractivity (Wildman–Crippen MR) is 130 cm³/mol. The molecule has 0 radical (unpaired) electrons. The first kappa shape index (κ1) is 28.2. The van der Waals surface area contributed by atoms with E-state index < -0.39 is 5.60 Å². The van der Waals surface area contributed by atoms with E-state index in [-0.39, 0.29) is 48.1 Å². The molecule has 1 atom stereocenters. The van der Waals surface area contributed by atoms with Crippen LogP contribution < -0.4 is 10.6 Å². The molecule has 1 aliphatic rings. The maximum absolute atomic E-state index is 12.4. The Labute approximate surface area is 194 Å². The van der Waals surface area contributed by atoms with Gasteiger partial charge in [0.25, 0.3) is 0 Å². The van der Waals surface area contributed by atoms with E-state index in [9.17, 15) is 9.90 Å². The SMILES string of the molecule is CCNC(=NCC(CC)(CC)CCO)NC1CCCN(C(=O)OC(C)(C)C)C1.I. The van der Waals surface area contributed by atoms with Crippen molar-refractivity contribution in [3.8, 4) is 0 Å². The number of nitrogens with zero attached hydrogens (tertiary/aromatic N) is 2. The second kappa shape index (κ2) is 13.5. The third kappa shape index (κ3) is 10.2. The second-order valence-electron chi connectivity index (χ2n) is 8.79. The first-order valence-corrected chi connectivity index (χ1v) is 10.8. The summed E-state index contributed by atoms with van der Waals surface area (Å²) >= 11 is 0. The summed E-state index contributed by atoms with van der Waals surface area (Å²) in [6.45, 7) is 15.0. The van der Waals surface area contributed by atoms with Crippen LogP contribution in [0.4, 0.5) is 4.79 Å². The molecule has 1 unspecified atom stereocenters. The minimum atomic E-state index is -0.482. The van der Waals surface area contributed by atoms with Gasteiger partial charge in [0.1, 0.15) is 5.60 Å².